The van der Waals surface area contributed by atoms with E-state index in [9.17, 15) is 50.5 Å². The van der Waals surface area contributed by atoms with Gasteiger partial charge in [0.2, 0.25) is 0 Å². The molecule has 0 spiro atoms. The number of phenols is 2. The number of rotatable bonds is 8. The lowest BCUT2D eigenvalue weighted by Gasteiger charge is -2.12. The molecular formula is C35H26N4O11S2. The van der Waals surface area contributed by atoms with Crippen molar-refractivity contribution in [2.24, 2.45) is 0 Å². The highest BCUT2D eigenvalue weighted by atomic mass is 32.2. The summed E-state index contributed by atoms with van der Waals surface area (Å²) in [5.74, 6) is -2.33. The molecule has 0 heterocycles. The highest BCUT2D eigenvalue weighted by Gasteiger charge is 2.19. The number of anilines is 4. The second kappa shape index (κ2) is 13.6. The molecule has 0 atom stereocenters. The summed E-state index contributed by atoms with van der Waals surface area (Å²) < 4.78 is 64.5. The molecule has 0 bridgehead atoms. The van der Waals surface area contributed by atoms with Crippen molar-refractivity contribution < 1.29 is 50.5 Å². The Balaban J connectivity index is 1.09. The van der Waals surface area contributed by atoms with Crippen LogP contribution in [0.15, 0.2) is 119 Å². The summed E-state index contributed by atoms with van der Waals surface area (Å²) in [6.07, 6.45) is 0. The molecule has 52 heavy (non-hydrogen) atoms. The predicted octanol–water partition coefficient (Wildman–Crippen LogP) is 6.05. The Hall–Kier alpha value is -6.53. The Kier molecular flexibility index (Phi) is 9.26. The van der Waals surface area contributed by atoms with Gasteiger partial charge in [0.05, 0.1) is 0 Å². The van der Waals surface area contributed by atoms with Crippen molar-refractivity contribution in [3.05, 3.63) is 120 Å². The van der Waals surface area contributed by atoms with E-state index in [1.807, 2.05) is 0 Å². The van der Waals surface area contributed by atoms with Crippen LogP contribution >= 0.6 is 0 Å². The highest BCUT2D eigenvalue weighted by Crippen LogP contribution is 2.34. The van der Waals surface area contributed by atoms with Crippen molar-refractivity contribution in [1.82, 2.24) is 0 Å². The minimum atomic E-state index is -4.64. The molecule has 4 amide bonds. The minimum absolute atomic E-state index is 0.143. The average Bonchev–Trinajstić information content (AvgIpc) is 3.07. The Morgan fingerprint density at radius 2 is 0.846 bits per heavy atom. The molecule has 0 aliphatic carbocycles. The summed E-state index contributed by atoms with van der Waals surface area (Å²) in [5.41, 5.74) is 1.56. The fourth-order valence-electron chi connectivity index (χ4n) is 5.33. The van der Waals surface area contributed by atoms with Gasteiger partial charge in [0.1, 0.15) is 21.3 Å². The molecule has 0 aromatic heterocycles. The van der Waals surface area contributed by atoms with Crippen molar-refractivity contribution in [3.8, 4) is 11.5 Å². The van der Waals surface area contributed by atoms with Crippen LogP contribution in [0.3, 0.4) is 0 Å². The number of carbonyl (C=O) groups is 3. The first-order valence-electron chi connectivity index (χ1n) is 14.9. The monoisotopic (exact) mass is 742 g/mol. The van der Waals surface area contributed by atoms with E-state index in [1.54, 1.807) is 24.3 Å². The lowest BCUT2D eigenvalue weighted by Crippen LogP contribution is -2.20. The van der Waals surface area contributed by atoms with Crippen molar-refractivity contribution in [3.63, 3.8) is 0 Å². The van der Waals surface area contributed by atoms with Gasteiger partial charge in [-0.15, -0.1) is 0 Å². The number of nitrogens with one attached hydrogen (secondary N) is 4. The molecule has 0 radical (unpaired) electrons. The molecule has 0 aliphatic heterocycles. The quantitative estimate of drug-likeness (QED) is 0.0834. The summed E-state index contributed by atoms with van der Waals surface area (Å²) in [5, 5.41) is 32.2. The van der Waals surface area contributed by atoms with Crippen molar-refractivity contribution >= 4 is 82.4 Å². The van der Waals surface area contributed by atoms with Gasteiger partial charge in [-0.2, -0.15) is 16.8 Å². The number of aromatic hydroxyl groups is 2. The molecule has 0 fully saturated rings. The maximum atomic E-state index is 13.0. The lowest BCUT2D eigenvalue weighted by molar-refractivity contribution is 0.101. The van der Waals surface area contributed by atoms with Gasteiger partial charge in [-0.05, 0) is 95.7 Å². The maximum Gasteiger partial charge on any atom is 0.323 e. The molecule has 15 nitrogen and oxygen atoms in total. The summed E-state index contributed by atoms with van der Waals surface area (Å²) in [6.45, 7) is 0. The van der Waals surface area contributed by atoms with E-state index in [0.717, 1.165) is 12.1 Å². The van der Waals surface area contributed by atoms with Crippen LogP contribution in [0, 0.1) is 0 Å². The topological polar surface area (TPSA) is 249 Å². The molecule has 6 aromatic carbocycles. The number of fused-ring (bicyclic) bond motifs is 2. The molecule has 0 aliphatic rings. The van der Waals surface area contributed by atoms with Crippen LogP contribution in [0.2, 0.25) is 0 Å². The van der Waals surface area contributed by atoms with Gasteiger partial charge in [0, 0.05) is 44.6 Å². The molecule has 6 aromatic rings. The maximum absolute atomic E-state index is 13.0. The predicted molar refractivity (Wildman–Crippen MR) is 192 cm³/mol. The van der Waals surface area contributed by atoms with Gasteiger partial charge < -0.3 is 31.5 Å². The van der Waals surface area contributed by atoms with E-state index in [1.165, 1.54) is 72.8 Å². The third kappa shape index (κ3) is 7.62. The Labute approximate surface area is 295 Å². The van der Waals surface area contributed by atoms with Crippen LogP contribution < -0.4 is 21.3 Å². The van der Waals surface area contributed by atoms with E-state index in [4.69, 9.17) is 0 Å². The van der Waals surface area contributed by atoms with E-state index in [0.29, 0.717) is 22.1 Å². The van der Waals surface area contributed by atoms with Gasteiger partial charge in [-0.1, -0.05) is 24.3 Å². The fraction of sp³-hybridized carbons (Fsp3) is 0. The van der Waals surface area contributed by atoms with Gasteiger partial charge in [0.15, 0.2) is 0 Å². The number of amides is 4. The molecule has 0 unspecified atom stereocenters. The van der Waals surface area contributed by atoms with Gasteiger partial charge >= 0.3 is 6.03 Å². The molecule has 17 heteroatoms. The Morgan fingerprint density at radius 3 is 1.23 bits per heavy atom. The van der Waals surface area contributed by atoms with E-state index in [-0.39, 0.29) is 33.3 Å². The van der Waals surface area contributed by atoms with Gasteiger partial charge in [-0.25, -0.2) is 4.79 Å². The van der Waals surface area contributed by atoms with Crippen molar-refractivity contribution in [2.45, 2.75) is 9.79 Å². The zero-order valence-electron chi connectivity index (χ0n) is 26.4. The first-order chi connectivity index (χ1) is 24.6. The summed E-state index contributed by atoms with van der Waals surface area (Å²) in [4.78, 5) is 37.6. The Bertz CT molecular complexity index is 2500. The number of hydrogen-bond acceptors (Lipinski definition) is 9. The van der Waals surface area contributed by atoms with Crippen LogP contribution in [-0.4, -0.2) is 54.0 Å². The van der Waals surface area contributed by atoms with E-state index < -0.39 is 59.4 Å². The molecule has 6 rings (SSSR count). The van der Waals surface area contributed by atoms with Gasteiger partial charge in [-0.3, -0.25) is 18.7 Å². The second-order valence-corrected chi connectivity index (χ2v) is 14.1. The fourth-order valence-corrected chi connectivity index (χ4v) is 6.52. The lowest BCUT2D eigenvalue weighted by atomic mass is 10.1. The Morgan fingerprint density at radius 1 is 0.462 bits per heavy atom. The minimum Gasteiger partial charge on any atom is -0.506 e. The molecular weight excluding hydrogens is 717 g/mol. The van der Waals surface area contributed by atoms with Crippen LogP contribution in [0.4, 0.5) is 27.5 Å². The largest absolute Gasteiger partial charge is 0.506 e. The number of hydrogen-bond donors (Lipinski definition) is 8. The number of benzene rings is 6. The first-order valence-corrected chi connectivity index (χ1v) is 17.8. The normalized spacial score (nSPS) is 11.6. The highest BCUT2D eigenvalue weighted by molar-refractivity contribution is 7.86. The van der Waals surface area contributed by atoms with E-state index >= 15 is 0 Å². The number of phenolic OH excluding ortho intramolecular Hbond substituents is 2. The number of urea groups is 1. The second-order valence-electron chi connectivity index (χ2n) is 11.3. The zero-order chi connectivity index (χ0) is 37.4. The summed E-state index contributed by atoms with van der Waals surface area (Å²) in [6, 6.07) is 24.9. The molecule has 264 valence electrons. The standard InChI is InChI=1S/C35H26N4O11S2/c40-31-27-11-9-25(15-19(27)7-13-29(31)51(45,46)47)36-33(42)21-3-1-5-23(17-21)38-35(44)39-24-6-2-4-22(18-24)34(43)37-26-10-12-28-20(16-26)8-14-30(32(28)41)52(48,49)50/h1-18,40-41H,(H,36,42)(H,37,43)(H2,38,39,44)(H,45,46,47)(H,48,49,50). The smallest absolute Gasteiger partial charge is 0.323 e. The average molecular weight is 743 g/mol. The third-order valence-electron chi connectivity index (χ3n) is 7.75. The van der Waals surface area contributed by atoms with Crippen molar-refractivity contribution in [1.29, 1.82) is 0 Å². The van der Waals surface area contributed by atoms with Crippen LogP contribution in [0.5, 0.6) is 11.5 Å². The third-order valence-corrected chi connectivity index (χ3v) is 9.52. The van der Waals surface area contributed by atoms with Crippen LogP contribution in [-0.2, 0) is 20.2 Å². The van der Waals surface area contributed by atoms with Crippen LogP contribution in [0.25, 0.3) is 21.5 Å². The van der Waals surface area contributed by atoms with Gasteiger partial charge in [0.25, 0.3) is 32.1 Å². The number of carbonyl (C=O) groups excluding carboxylic acids is 3. The summed E-state index contributed by atoms with van der Waals surface area (Å²) >= 11 is 0. The molecule has 0 saturated carbocycles. The molecule has 8 N–H and O–H groups in total. The van der Waals surface area contributed by atoms with E-state index in [2.05, 4.69) is 21.3 Å². The van der Waals surface area contributed by atoms with Crippen molar-refractivity contribution in [2.75, 3.05) is 21.3 Å². The zero-order valence-corrected chi connectivity index (χ0v) is 28.0. The van der Waals surface area contributed by atoms with Crippen LogP contribution in [0.1, 0.15) is 20.7 Å². The molecule has 0 saturated heterocycles. The summed E-state index contributed by atoms with van der Waals surface area (Å²) in [7, 11) is -9.28. The SMILES string of the molecule is O=C(Nc1cccc(C(=O)Nc2ccc3c(O)c(S(=O)(=O)O)ccc3c2)c1)Nc1cccc(C(=O)Nc2ccc3c(O)c(S(=O)(=O)O)ccc3c2)c1. The first kappa shape index (κ1) is 35.3.